The second-order valence-electron chi connectivity index (χ2n) is 4.13. The molecule has 72 valence electrons. The highest BCUT2D eigenvalue weighted by atomic mass is 14.7. The number of hydrogen-bond acceptors (Lipinski definition) is 1. The summed E-state index contributed by atoms with van der Waals surface area (Å²) in [6, 6.07) is 8.84. The summed E-state index contributed by atoms with van der Waals surface area (Å²) in [6.45, 7) is 0. The van der Waals surface area contributed by atoms with Gasteiger partial charge < -0.3 is 10.7 Å². The van der Waals surface area contributed by atoms with Gasteiger partial charge in [-0.1, -0.05) is 18.2 Å². The van der Waals surface area contributed by atoms with E-state index in [9.17, 15) is 0 Å². The van der Waals surface area contributed by atoms with Crippen LogP contribution in [-0.4, -0.2) is 11.0 Å². The molecular formula is C12H14N2. The average molecular weight is 186 g/mol. The zero-order valence-corrected chi connectivity index (χ0v) is 8.09. The van der Waals surface area contributed by atoms with Gasteiger partial charge >= 0.3 is 0 Å². The Morgan fingerprint density at radius 1 is 1.29 bits per heavy atom. The van der Waals surface area contributed by atoms with Crippen LogP contribution in [0.1, 0.15) is 17.7 Å². The van der Waals surface area contributed by atoms with Gasteiger partial charge in [-0.3, -0.25) is 0 Å². The van der Waals surface area contributed by atoms with E-state index in [4.69, 9.17) is 5.73 Å². The van der Waals surface area contributed by atoms with Crippen LogP contribution < -0.4 is 5.73 Å². The number of benzene rings is 1. The maximum atomic E-state index is 5.99. The van der Waals surface area contributed by atoms with E-state index < -0.39 is 0 Å². The number of fused-ring (bicyclic) bond motifs is 3. The Morgan fingerprint density at radius 3 is 3.07 bits per heavy atom. The number of aromatic nitrogens is 1. The van der Waals surface area contributed by atoms with Crippen LogP contribution in [0.4, 0.5) is 0 Å². The zero-order chi connectivity index (χ0) is 9.54. The molecule has 3 N–H and O–H groups in total. The molecule has 0 fully saturated rings. The summed E-state index contributed by atoms with van der Waals surface area (Å²) in [5, 5.41) is 1.36. The molecule has 0 spiro atoms. The molecule has 2 heteroatoms. The van der Waals surface area contributed by atoms with Gasteiger partial charge in [0.15, 0.2) is 0 Å². The Labute approximate surface area is 83.1 Å². The summed E-state index contributed by atoms with van der Waals surface area (Å²) in [4.78, 5) is 3.48. The first-order valence-corrected chi connectivity index (χ1v) is 5.18. The summed E-state index contributed by atoms with van der Waals surface area (Å²) >= 11 is 0. The van der Waals surface area contributed by atoms with Crippen molar-refractivity contribution in [2.45, 2.75) is 25.3 Å². The van der Waals surface area contributed by atoms with Crippen molar-refractivity contribution in [1.29, 1.82) is 0 Å². The van der Waals surface area contributed by atoms with E-state index in [1.165, 1.54) is 22.2 Å². The molecule has 14 heavy (non-hydrogen) atoms. The molecule has 1 aliphatic rings. The van der Waals surface area contributed by atoms with Gasteiger partial charge in [-0.05, 0) is 30.9 Å². The van der Waals surface area contributed by atoms with E-state index in [1.807, 2.05) is 0 Å². The highest BCUT2D eigenvalue weighted by Crippen LogP contribution is 2.28. The second kappa shape index (κ2) is 2.85. The van der Waals surface area contributed by atoms with Crippen LogP contribution >= 0.6 is 0 Å². The molecule has 1 heterocycles. The van der Waals surface area contributed by atoms with Crippen LogP contribution in [0.5, 0.6) is 0 Å². The average Bonchev–Trinajstić information content (AvgIpc) is 2.56. The molecule has 1 unspecified atom stereocenters. The number of nitrogens with two attached hydrogens (primary N) is 1. The van der Waals surface area contributed by atoms with Crippen molar-refractivity contribution in [2.24, 2.45) is 5.73 Å². The van der Waals surface area contributed by atoms with Gasteiger partial charge in [0.05, 0.1) is 0 Å². The summed E-state index contributed by atoms with van der Waals surface area (Å²) in [6.07, 6.45) is 3.24. The first kappa shape index (κ1) is 8.06. The lowest BCUT2D eigenvalue weighted by Gasteiger charge is -2.17. The minimum atomic E-state index is 0.349. The number of H-pyrrole nitrogens is 1. The molecule has 3 rings (SSSR count). The molecule has 2 nitrogen and oxygen atoms in total. The third-order valence-electron chi connectivity index (χ3n) is 3.13. The number of hydrogen-bond donors (Lipinski definition) is 2. The monoisotopic (exact) mass is 186 g/mol. The molecule has 0 saturated heterocycles. The third kappa shape index (κ3) is 1.07. The van der Waals surface area contributed by atoms with E-state index in [0.717, 1.165) is 19.3 Å². The fourth-order valence-electron chi connectivity index (χ4n) is 2.40. The van der Waals surface area contributed by atoms with Crippen LogP contribution in [0.15, 0.2) is 24.3 Å². The highest BCUT2D eigenvalue weighted by Gasteiger charge is 2.19. The normalized spacial score (nSPS) is 21.1. The molecule has 1 aromatic heterocycles. The first-order chi connectivity index (χ1) is 6.84. The van der Waals surface area contributed by atoms with Crippen LogP contribution in [-0.2, 0) is 12.8 Å². The molecule has 0 bridgehead atoms. The number of aromatic amines is 1. The Kier molecular flexibility index (Phi) is 1.64. The Balaban J connectivity index is 2.25. The molecule has 1 aliphatic carbocycles. The predicted octanol–water partition coefficient (Wildman–Crippen LogP) is 1.98. The van der Waals surface area contributed by atoms with E-state index >= 15 is 0 Å². The lowest BCUT2D eigenvalue weighted by atomic mass is 9.92. The minimum absolute atomic E-state index is 0.349. The topological polar surface area (TPSA) is 41.8 Å². The Hall–Kier alpha value is -1.28. The van der Waals surface area contributed by atoms with Crippen LogP contribution in [0.25, 0.3) is 10.9 Å². The van der Waals surface area contributed by atoms with Gasteiger partial charge in [0, 0.05) is 22.6 Å². The van der Waals surface area contributed by atoms with Crippen molar-refractivity contribution in [3.63, 3.8) is 0 Å². The number of nitrogens with one attached hydrogen (secondary N) is 1. The lowest BCUT2D eigenvalue weighted by Crippen LogP contribution is -2.27. The van der Waals surface area contributed by atoms with E-state index in [2.05, 4.69) is 29.2 Å². The SMILES string of the molecule is NC1CCc2[nH]c3ccccc3c2C1. The van der Waals surface area contributed by atoms with E-state index in [-0.39, 0.29) is 0 Å². The van der Waals surface area contributed by atoms with Crippen molar-refractivity contribution in [3.05, 3.63) is 35.5 Å². The van der Waals surface area contributed by atoms with E-state index in [0.29, 0.717) is 6.04 Å². The van der Waals surface area contributed by atoms with Crippen molar-refractivity contribution in [3.8, 4) is 0 Å². The van der Waals surface area contributed by atoms with Crippen LogP contribution in [0.2, 0.25) is 0 Å². The molecule has 2 aromatic rings. The molecule has 0 radical (unpaired) electrons. The molecule has 0 saturated carbocycles. The van der Waals surface area contributed by atoms with Crippen molar-refractivity contribution >= 4 is 10.9 Å². The largest absolute Gasteiger partial charge is 0.358 e. The van der Waals surface area contributed by atoms with Gasteiger partial charge in [0.2, 0.25) is 0 Å². The van der Waals surface area contributed by atoms with Gasteiger partial charge in [-0.15, -0.1) is 0 Å². The molecule has 1 aromatic carbocycles. The van der Waals surface area contributed by atoms with Crippen LogP contribution in [0.3, 0.4) is 0 Å². The van der Waals surface area contributed by atoms with Crippen LogP contribution in [0, 0.1) is 0 Å². The second-order valence-corrected chi connectivity index (χ2v) is 4.13. The smallest absolute Gasteiger partial charge is 0.0458 e. The summed E-state index contributed by atoms with van der Waals surface area (Å²) in [5.74, 6) is 0. The van der Waals surface area contributed by atoms with Crippen molar-refractivity contribution in [2.75, 3.05) is 0 Å². The van der Waals surface area contributed by atoms with Crippen molar-refractivity contribution < 1.29 is 0 Å². The fourth-order valence-corrected chi connectivity index (χ4v) is 2.40. The molecule has 0 aliphatic heterocycles. The minimum Gasteiger partial charge on any atom is -0.358 e. The summed E-state index contributed by atoms with van der Waals surface area (Å²) in [7, 11) is 0. The number of rotatable bonds is 0. The zero-order valence-electron chi connectivity index (χ0n) is 8.09. The maximum absolute atomic E-state index is 5.99. The molecule has 1 atom stereocenters. The third-order valence-corrected chi connectivity index (χ3v) is 3.13. The maximum Gasteiger partial charge on any atom is 0.0458 e. The Bertz CT molecular complexity index is 470. The van der Waals surface area contributed by atoms with Gasteiger partial charge in [-0.25, -0.2) is 0 Å². The molecular weight excluding hydrogens is 172 g/mol. The predicted molar refractivity (Wildman–Crippen MR) is 58.3 cm³/mol. The van der Waals surface area contributed by atoms with Gasteiger partial charge in [-0.2, -0.15) is 0 Å². The number of aryl methyl sites for hydroxylation is 1. The summed E-state index contributed by atoms with van der Waals surface area (Å²) in [5.41, 5.74) is 10.1. The van der Waals surface area contributed by atoms with Crippen molar-refractivity contribution in [1.82, 2.24) is 4.98 Å². The molecule has 0 amide bonds. The standard InChI is InChI=1S/C12H14N2/c13-8-5-6-12-10(7-8)9-3-1-2-4-11(9)14-12/h1-4,8,14H,5-7,13H2. The Morgan fingerprint density at radius 2 is 2.14 bits per heavy atom. The first-order valence-electron chi connectivity index (χ1n) is 5.18. The quantitative estimate of drug-likeness (QED) is 0.649. The summed E-state index contributed by atoms with van der Waals surface area (Å²) < 4.78 is 0. The van der Waals surface area contributed by atoms with Gasteiger partial charge in [0.1, 0.15) is 0 Å². The van der Waals surface area contributed by atoms with Gasteiger partial charge in [0.25, 0.3) is 0 Å². The lowest BCUT2D eigenvalue weighted by molar-refractivity contribution is 0.574. The number of para-hydroxylation sites is 1. The fraction of sp³-hybridized carbons (Fsp3) is 0.333. The van der Waals surface area contributed by atoms with E-state index in [1.54, 1.807) is 0 Å². The highest BCUT2D eigenvalue weighted by molar-refractivity contribution is 5.84.